The highest BCUT2D eigenvalue weighted by Gasteiger charge is 2.19. The van der Waals surface area contributed by atoms with E-state index >= 15 is 0 Å². The maximum atomic E-state index is 10.5. The maximum Gasteiger partial charge on any atom is 0.152 e. The van der Waals surface area contributed by atoms with Crippen LogP contribution in [0.1, 0.15) is 28.8 Å². The van der Waals surface area contributed by atoms with Gasteiger partial charge in [0.25, 0.3) is 0 Å². The predicted molar refractivity (Wildman–Crippen MR) is 82.6 cm³/mol. The number of aliphatic hydroxyl groups excluding tert-OH is 1. The molecule has 2 aromatic heterocycles. The quantitative estimate of drug-likeness (QED) is 0.802. The smallest absolute Gasteiger partial charge is 0.152 e. The van der Waals surface area contributed by atoms with Crippen LogP contribution in [0.3, 0.4) is 0 Å². The molecule has 0 spiro atoms. The lowest BCUT2D eigenvalue weighted by atomic mass is 10.0. The molecule has 3 aromatic rings. The summed E-state index contributed by atoms with van der Waals surface area (Å²) in [6.45, 7) is 3.95. The van der Waals surface area contributed by atoms with Crippen molar-refractivity contribution in [2.45, 2.75) is 26.4 Å². The van der Waals surface area contributed by atoms with Gasteiger partial charge >= 0.3 is 0 Å². The highest BCUT2D eigenvalue weighted by atomic mass is 35.5. The first-order valence-electron chi connectivity index (χ1n) is 6.82. The molecule has 1 N–H and O–H groups in total. The number of aliphatic hydroxyl groups is 1. The molecule has 0 aliphatic rings. The van der Waals surface area contributed by atoms with Crippen LogP contribution in [0.15, 0.2) is 28.7 Å². The Balaban J connectivity index is 1.93. The van der Waals surface area contributed by atoms with Crippen LogP contribution in [0.5, 0.6) is 0 Å². The molecule has 21 heavy (non-hydrogen) atoms. The molecule has 0 fully saturated rings. The van der Waals surface area contributed by atoms with E-state index in [0.29, 0.717) is 22.8 Å². The van der Waals surface area contributed by atoms with Crippen molar-refractivity contribution in [3.63, 3.8) is 0 Å². The van der Waals surface area contributed by atoms with E-state index < -0.39 is 6.10 Å². The zero-order valence-corrected chi connectivity index (χ0v) is 13.0. The molecule has 2 heterocycles. The number of benzene rings is 1. The summed E-state index contributed by atoms with van der Waals surface area (Å²) in [5.74, 6) is 0.528. The summed E-state index contributed by atoms with van der Waals surface area (Å²) in [4.78, 5) is 0. The lowest BCUT2D eigenvalue weighted by Gasteiger charge is -2.08. The van der Waals surface area contributed by atoms with Crippen molar-refractivity contribution in [3.8, 4) is 0 Å². The van der Waals surface area contributed by atoms with Crippen molar-refractivity contribution in [1.29, 1.82) is 0 Å². The van der Waals surface area contributed by atoms with Gasteiger partial charge in [0.1, 0.15) is 11.9 Å². The van der Waals surface area contributed by atoms with Crippen molar-refractivity contribution < 1.29 is 9.52 Å². The van der Waals surface area contributed by atoms with Gasteiger partial charge in [-0.25, -0.2) is 0 Å². The van der Waals surface area contributed by atoms with E-state index in [9.17, 15) is 5.11 Å². The Labute approximate surface area is 127 Å². The number of aromatic nitrogens is 2. The molecule has 0 radical (unpaired) electrons. The zero-order chi connectivity index (χ0) is 15.1. The fourth-order valence-electron chi connectivity index (χ4n) is 2.62. The second-order valence-electron chi connectivity index (χ2n) is 5.30. The summed E-state index contributed by atoms with van der Waals surface area (Å²) >= 11 is 6.10. The number of halogens is 1. The SMILES string of the molecule is Cc1nn(C)c(C)c1CC(O)c1cc2cccc(Cl)c2o1. The lowest BCUT2D eigenvalue weighted by molar-refractivity contribution is 0.152. The number of para-hydroxylation sites is 1. The van der Waals surface area contributed by atoms with Gasteiger partial charge in [-0.2, -0.15) is 5.10 Å². The molecule has 1 unspecified atom stereocenters. The molecule has 4 nitrogen and oxygen atoms in total. The maximum absolute atomic E-state index is 10.5. The highest BCUT2D eigenvalue weighted by molar-refractivity contribution is 6.34. The predicted octanol–water partition coefficient (Wildman–Crippen LogP) is 3.71. The Morgan fingerprint density at radius 2 is 2.14 bits per heavy atom. The standard InChI is InChI=1S/C16H17ClN2O2/c1-9-12(10(2)19(3)18-9)8-14(20)15-7-11-5-4-6-13(17)16(11)21-15/h4-7,14,20H,8H2,1-3H3. The van der Waals surface area contributed by atoms with Crippen LogP contribution in [0, 0.1) is 13.8 Å². The molecular weight excluding hydrogens is 288 g/mol. The molecule has 0 amide bonds. The number of hydrogen-bond donors (Lipinski definition) is 1. The average Bonchev–Trinajstić information content (AvgIpc) is 2.97. The molecule has 5 heteroatoms. The van der Waals surface area contributed by atoms with Crippen LogP contribution in [0.2, 0.25) is 5.02 Å². The lowest BCUT2D eigenvalue weighted by Crippen LogP contribution is -2.03. The number of hydrogen-bond acceptors (Lipinski definition) is 3. The van der Waals surface area contributed by atoms with Gasteiger partial charge in [0, 0.05) is 24.5 Å². The van der Waals surface area contributed by atoms with Gasteiger partial charge in [-0.1, -0.05) is 23.7 Å². The zero-order valence-electron chi connectivity index (χ0n) is 12.2. The molecule has 110 valence electrons. The molecule has 0 bridgehead atoms. The summed E-state index contributed by atoms with van der Waals surface area (Å²) in [5, 5.41) is 16.3. The molecule has 3 rings (SSSR count). The third-order valence-electron chi connectivity index (χ3n) is 3.90. The van der Waals surface area contributed by atoms with Gasteiger partial charge < -0.3 is 9.52 Å². The molecule has 0 saturated carbocycles. The molecule has 0 aliphatic heterocycles. The average molecular weight is 305 g/mol. The van der Waals surface area contributed by atoms with Crippen molar-refractivity contribution in [3.05, 3.63) is 52.0 Å². The molecule has 0 aliphatic carbocycles. The summed E-state index contributed by atoms with van der Waals surface area (Å²) in [5.41, 5.74) is 3.66. The Bertz CT molecular complexity index is 804. The molecule has 1 atom stereocenters. The van der Waals surface area contributed by atoms with E-state index in [4.69, 9.17) is 16.0 Å². The first kappa shape index (κ1) is 14.2. The van der Waals surface area contributed by atoms with E-state index in [1.807, 2.05) is 43.8 Å². The van der Waals surface area contributed by atoms with E-state index in [1.165, 1.54) is 0 Å². The van der Waals surface area contributed by atoms with Crippen molar-refractivity contribution in [1.82, 2.24) is 9.78 Å². The fraction of sp³-hybridized carbons (Fsp3) is 0.312. The normalized spacial score (nSPS) is 13.0. The number of rotatable bonds is 3. The van der Waals surface area contributed by atoms with E-state index in [1.54, 1.807) is 6.07 Å². The number of fused-ring (bicyclic) bond motifs is 1. The van der Waals surface area contributed by atoms with Crippen molar-refractivity contribution in [2.24, 2.45) is 7.05 Å². The third kappa shape index (κ3) is 2.45. The van der Waals surface area contributed by atoms with Gasteiger partial charge in [0.05, 0.1) is 10.7 Å². The van der Waals surface area contributed by atoms with Crippen LogP contribution in [0.4, 0.5) is 0 Å². The molecule has 0 saturated heterocycles. The fourth-order valence-corrected chi connectivity index (χ4v) is 2.84. The van der Waals surface area contributed by atoms with Gasteiger partial charge in [-0.3, -0.25) is 4.68 Å². The summed E-state index contributed by atoms with van der Waals surface area (Å²) < 4.78 is 7.54. The van der Waals surface area contributed by atoms with E-state index in [0.717, 1.165) is 22.3 Å². The minimum atomic E-state index is -0.713. The second-order valence-corrected chi connectivity index (χ2v) is 5.71. The number of nitrogens with zero attached hydrogens (tertiary/aromatic N) is 2. The monoisotopic (exact) mass is 304 g/mol. The summed E-state index contributed by atoms with van der Waals surface area (Å²) in [7, 11) is 1.90. The molecular formula is C16H17ClN2O2. The van der Waals surface area contributed by atoms with Crippen molar-refractivity contribution >= 4 is 22.6 Å². The van der Waals surface area contributed by atoms with Crippen LogP contribution < -0.4 is 0 Å². The topological polar surface area (TPSA) is 51.2 Å². The Hall–Kier alpha value is -1.78. The van der Waals surface area contributed by atoms with Crippen LogP contribution >= 0.6 is 11.6 Å². The largest absolute Gasteiger partial charge is 0.457 e. The first-order chi connectivity index (χ1) is 9.97. The molecule has 1 aromatic carbocycles. The van der Waals surface area contributed by atoms with Gasteiger partial charge in [-0.15, -0.1) is 0 Å². The number of furan rings is 1. The van der Waals surface area contributed by atoms with Gasteiger partial charge in [0.2, 0.25) is 0 Å². The second kappa shape index (κ2) is 5.20. The summed E-state index contributed by atoms with van der Waals surface area (Å²) in [6.07, 6.45) is -0.238. The Morgan fingerprint density at radius 3 is 2.76 bits per heavy atom. The van der Waals surface area contributed by atoms with Gasteiger partial charge in [0.15, 0.2) is 5.58 Å². The minimum Gasteiger partial charge on any atom is -0.457 e. The van der Waals surface area contributed by atoms with Crippen LogP contribution in [-0.2, 0) is 13.5 Å². The Morgan fingerprint density at radius 1 is 1.38 bits per heavy atom. The summed E-state index contributed by atoms with van der Waals surface area (Å²) in [6, 6.07) is 7.40. The van der Waals surface area contributed by atoms with Crippen molar-refractivity contribution in [2.75, 3.05) is 0 Å². The minimum absolute atomic E-state index is 0.475. The highest BCUT2D eigenvalue weighted by Crippen LogP contribution is 2.31. The van der Waals surface area contributed by atoms with Gasteiger partial charge in [-0.05, 0) is 31.5 Å². The third-order valence-corrected chi connectivity index (χ3v) is 4.20. The van der Waals surface area contributed by atoms with Crippen LogP contribution in [-0.4, -0.2) is 14.9 Å². The van der Waals surface area contributed by atoms with E-state index in [-0.39, 0.29) is 0 Å². The number of aryl methyl sites for hydroxylation is 2. The van der Waals surface area contributed by atoms with E-state index in [2.05, 4.69) is 5.10 Å². The first-order valence-corrected chi connectivity index (χ1v) is 7.20. The van der Waals surface area contributed by atoms with Crippen LogP contribution in [0.25, 0.3) is 11.0 Å². The Kier molecular flexibility index (Phi) is 3.51.